The van der Waals surface area contributed by atoms with Crippen molar-refractivity contribution in [3.63, 3.8) is 0 Å². The number of nitrogens with zero attached hydrogens (tertiary/aromatic N) is 1. The predicted octanol–water partition coefficient (Wildman–Crippen LogP) is 3.81. The summed E-state index contributed by atoms with van der Waals surface area (Å²) in [6.07, 6.45) is 0. The van der Waals surface area contributed by atoms with Crippen LogP contribution in [-0.4, -0.2) is 5.91 Å². The highest BCUT2D eigenvalue weighted by Crippen LogP contribution is 2.25. The van der Waals surface area contributed by atoms with Gasteiger partial charge in [-0.2, -0.15) is 5.26 Å². The van der Waals surface area contributed by atoms with Crippen LogP contribution in [0.4, 0.5) is 11.4 Å². The molecule has 3 N–H and O–H groups in total. The van der Waals surface area contributed by atoms with Gasteiger partial charge in [0.25, 0.3) is 5.91 Å². The molecule has 4 nitrogen and oxygen atoms in total. The molecule has 0 aromatic heterocycles. The summed E-state index contributed by atoms with van der Waals surface area (Å²) in [5.74, 6) is -0.360. The van der Waals surface area contributed by atoms with Gasteiger partial charge in [0.1, 0.15) is 0 Å². The number of anilines is 2. The van der Waals surface area contributed by atoms with Crippen LogP contribution >= 0.6 is 27.5 Å². The van der Waals surface area contributed by atoms with Gasteiger partial charge in [-0.15, -0.1) is 0 Å². The molecule has 2 aromatic carbocycles. The zero-order chi connectivity index (χ0) is 14.7. The third-order valence-corrected chi connectivity index (χ3v) is 3.41. The Balaban J connectivity index is 2.26. The van der Waals surface area contributed by atoms with Gasteiger partial charge in [0.2, 0.25) is 0 Å². The maximum Gasteiger partial charge on any atom is 0.257 e. The lowest BCUT2D eigenvalue weighted by Crippen LogP contribution is -2.14. The number of carbonyl (C=O) groups excluding carboxylic acids is 1. The minimum atomic E-state index is -0.360. The average Bonchev–Trinajstić information content (AvgIpc) is 2.40. The number of nitriles is 1. The van der Waals surface area contributed by atoms with Crippen molar-refractivity contribution in [2.24, 2.45) is 0 Å². The van der Waals surface area contributed by atoms with Crippen molar-refractivity contribution in [3.8, 4) is 6.07 Å². The van der Waals surface area contributed by atoms with Crippen molar-refractivity contribution in [3.05, 3.63) is 57.0 Å². The van der Waals surface area contributed by atoms with Crippen LogP contribution < -0.4 is 11.1 Å². The SMILES string of the molecule is N#Cc1ccc(NC(=O)c2ccc(Br)cc2N)c(Cl)c1. The summed E-state index contributed by atoms with van der Waals surface area (Å²) in [7, 11) is 0. The van der Waals surface area contributed by atoms with Gasteiger partial charge in [0.15, 0.2) is 0 Å². The molecule has 20 heavy (non-hydrogen) atoms. The van der Waals surface area contributed by atoms with Crippen LogP contribution in [0.25, 0.3) is 0 Å². The maximum absolute atomic E-state index is 12.1. The van der Waals surface area contributed by atoms with Gasteiger partial charge in [-0.05, 0) is 36.4 Å². The summed E-state index contributed by atoms with van der Waals surface area (Å²) in [5.41, 5.74) is 7.37. The second-order valence-electron chi connectivity index (χ2n) is 3.99. The summed E-state index contributed by atoms with van der Waals surface area (Å²) in [4.78, 5) is 12.1. The smallest absolute Gasteiger partial charge is 0.257 e. The first-order valence-corrected chi connectivity index (χ1v) is 6.74. The van der Waals surface area contributed by atoms with E-state index in [1.165, 1.54) is 6.07 Å². The number of nitrogen functional groups attached to an aromatic ring is 1. The van der Waals surface area contributed by atoms with Gasteiger partial charge in [-0.1, -0.05) is 27.5 Å². The summed E-state index contributed by atoms with van der Waals surface area (Å²) < 4.78 is 0.794. The average molecular weight is 351 g/mol. The minimum Gasteiger partial charge on any atom is -0.398 e. The van der Waals surface area contributed by atoms with Crippen LogP contribution in [0.1, 0.15) is 15.9 Å². The quantitative estimate of drug-likeness (QED) is 0.808. The fraction of sp³-hybridized carbons (Fsp3) is 0. The standard InChI is InChI=1S/C14H9BrClN3O/c15-9-2-3-10(12(18)6-9)14(20)19-13-4-1-8(7-17)5-11(13)16/h1-6H,18H2,(H,19,20). The highest BCUT2D eigenvalue weighted by molar-refractivity contribution is 9.10. The molecule has 0 aliphatic heterocycles. The fourth-order valence-corrected chi connectivity index (χ4v) is 2.22. The summed E-state index contributed by atoms with van der Waals surface area (Å²) in [6, 6.07) is 11.6. The molecule has 0 unspecified atom stereocenters. The van der Waals surface area contributed by atoms with Gasteiger partial charge < -0.3 is 11.1 Å². The van der Waals surface area contributed by atoms with Crippen molar-refractivity contribution in [1.82, 2.24) is 0 Å². The first kappa shape index (κ1) is 14.4. The van der Waals surface area contributed by atoms with E-state index in [-0.39, 0.29) is 5.91 Å². The monoisotopic (exact) mass is 349 g/mol. The van der Waals surface area contributed by atoms with E-state index in [4.69, 9.17) is 22.6 Å². The Bertz CT molecular complexity index is 725. The molecule has 0 saturated carbocycles. The third-order valence-electron chi connectivity index (χ3n) is 2.60. The van der Waals surface area contributed by atoms with Crippen molar-refractivity contribution >= 4 is 44.8 Å². The van der Waals surface area contributed by atoms with E-state index in [0.717, 1.165) is 4.47 Å². The molecule has 0 radical (unpaired) electrons. The van der Waals surface area contributed by atoms with E-state index < -0.39 is 0 Å². The Morgan fingerprint density at radius 2 is 2.05 bits per heavy atom. The van der Waals surface area contributed by atoms with Crippen LogP contribution in [0.3, 0.4) is 0 Å². The normalized spacial score (nSPS) is 9.85. The summed E-state index contributed by atoms with van der Waals surface area (Å²) in [5, 5.41) is 11.7. The first-order chi connectivity index (χ1) is 9.51. The van der Waals surface area contributed by atoms with E-state index >= 15 is 0 Å². The lowest BCUT2D eigenvalue weighted by Gasteiger charge is -2.09. The van der Waals surface area contributed by atoms with Gasteiger partial charge in [-0.25, -0.2) is 0 Å². The summed E-state index contributed by atoms with van der Waals surface area (Å²) >= 11 is 9.28. The molecular formula is C14H9BrClN3O. The van der Waals surface area contributed by atoms with E-state index in [1.807, 2.05) is 6.07 Å². The van der Waals surface area contributed by atoms with Crippen molar-refractivity contribution in [2.45, 2.75) is 0 Å². The van der Waals surface area contributed by atoms with Crippen LogP contribution in [0.5, 0.6) is 0 Å². The lowest BCUT2D eigenvalue weighted by atomic mass is 10.1. The third kappa shape index (κ3) is 3.10. The molecule has 2 rings (SSSR count). The Labute approximate surface area is 129 Å². The number of hydrogen-bond donors (Lipinski definition) is 2. The lowest BCUT2D eigenvalue weighted by molar-refractivity contribution is 0.102. The molecule has 2 aromatic rings. The zero-order valence-corrected chi connectivity index (χ0v) is 12.5. The number of halogens is 2. The Morgan fingerprint density at radius 3 is 2.65 bits per heavy atom. The Kier molecular flexibility index (Phi) is 4.28. The van der Waals surface area contributed by atoms with E-state index in [0.29, 0.717) is 27.5 Å². The van der Waals surface area contributed by atoms with Gasteiger partial charge in [0, 0.05) is 10.2 Å². The van der Waals surface area contributed by atoms with Crippen molar-refractivity contribution in [2.75, 3.05) is 11.1 Å². The minimum absolute atomic E-state index is 0.299. The predicted molar refractivity (Wildman–Crippen MR) is 82.7 cm³/mol. The Morgan fingerprint density at radius 1 is 1.30 bits per heavy atom. The van der Waals surface area contributed by atoms with Crippen molar-refractivity contribution < 1.29 is 4.79 Å². The molecule has 0 bridgehead atoms. The first-order valence-electron chi connectivity index (χ1n) is 5.57. The molecule has 1 amide bonds. The topological polar surface area (TPSA) is 78.9 Å². The molecule has 6 heteroatoms. The second kappa shape index (κ2) is 5.95. The zero-order valence-electron chi connectivity index (χ0n) is 10.2. The number of nitrogens with two attached hydrogens (primary N) is 1. The number of hydrogen-bond acceptors (Lipinski definition) is 3. The molecule has 0 saturated heterocycles. The van der Waals surface area contributed by atoms with Gasteiger partial charge in [0.05, 0.1) is 27.9 Å². The number of benzene rings is 2. The van der Waals surface area contributed by atoms with Crippen molar-refractivity contribution in [1.29, 1.82) is 5.26 Å². The molecule has 0 heterocycles. The van der Waals surface area contributed by atoms with Crippen LogP contribution in [-0.2, 0) is 0 Å². The summed E-state index contributed by atoms with van der Waals surface area (Å²) in [6.45, 7) is 0. The van der Waals surface area contributed by atoms with E-state index in [9.17, 15) is 4.79 Å². The molecular weight excluding hydrogens is 342 g/mol. The van der Waals surface area contributed by atoms with E-state index in [2.05, 4.69) is 21.2 Å². The number of nitrogens with one attached hydrogen (secondary N) is 1. The van der Waals surface area contributed by atoms with Gasteiger partial charge in [-0.3, -0.25) is 4.79 Å². The van der Waals surface area contributed by atoms with Gasteiger partial charge >= 0.3 is 0 Å². The molecule has 0 fully saturated rings. The molecule has 100 valence electrons. The number of carbonyl (C=O) groups is 1. The fourth-order valence-electron chi connectivity index (χ4n) is 1.62. The van der Waals surface area contributed by atoms with E-state index in [1.54, 1.807) is 30.3 Å². The van der Waals surface area contributed by atoms with Crippen LogP contribution in [0.15, 0.2) is 40.9 Å². The highest BCUT2D eigenvalue weighted by atomic mass is 79.9. The maximum atomic E-state index is 12.1. The molecule has 0 atom stereocenters. The molecule has 0 spiro atoms. The molecule has 0 aliphatic rings. The van der Waals surface area contributed by atoms with Crippen LogP contribution in [0.2, 0.25) is 5.02 Å². The number of rotatable bonds is 2. The largest absolute Gasteiger partial charge is 0.398 e. The second-order valence-corrected chi connectivity index (χ2v) is 5.32. The van der Waals surface area contributed by atoms with Crippen LogP contribution in [0, 0.1) is 11.3 Å². The number of amides is 1. The Hall–Kier alpha value is -2.03. The highest BCUT2D eigenvalue weighted by Gasteiger charge is 2.12. The molecule has 0 aliphatic carbocycles.